The first kappa shape index (κ1) is 14.8. The fraction of sp³-hybridized carbons (Fsp3) is 0.733. The summed E-state index contributed by atoms with van der Waals surface area (Å²) in [4.78, 5) is 3.87. The first-order valence-electron chi connectivity index (χ1n) is 7.55. The van der Waals surface area contributed by atoms with Crippen molar-refractivity contribution in [3.8, 4) is 0 Å². The van der Waals surface area contributed by atoms with Crippen LogP contribution in [0.1, 0.15) is 43.5 Å². The molecule has 2 heterocycles. The lowest BCUT2D eigenvalue weighted by molar-refractivity contribution is -0.105. The summed E-state index contributed by atoms with van der Waals surface area (Å²) in [7, 11) is 0. The van der Waals surface area contributed by atoms with E-state index in [1.54, 1.807) is 11.3 Å². The number of hydrogen-bond donors (Lipinski definition) is 1. The lowest BCUT2D eigenvalue weighted by Crippen LogP contribution is -2.56. The van der Waals surface area contributed by atoms with Gasteiger partial charge in [0.25, 0.3) is 0 Å². The minimum atomic E-state index is 0.102. The summed E-state index contributed by atoms with van der Waals surface area (Å²) in [5, 5.41) is 0. The highest BCUT2D eigenvalue weighted by molar-refractivity contribution is 7.16. The zero-order valence-corrected chi connectivity index (χ0v) is 13.5. The Morgan fingerprint density at radius 1 is 1.40 bits per heavy atom. The van der Waals surface area contributed by atoms with E-state index in [9.17, 15) is 0 Å². The normalized spacial score (nSPS) is 30.8. The van der Waals surface area contributed by atoms with Crippen LogP contribution in [-0.4, -0.2) is 36.2 Å². The van der Waals surface area contributed by atoms with E-state index >= 15 is 0 Å². The first-order chi connectivity index (χ1) is 9.66. The zero-order valence-electron chi connectivity index (χ0n) is 11.9. The number of thiophene rings is 1. The van der Waals surface area contributed by atoms with Gasteiger partial charge in [0.2, 0.25) is 0 Å². The second-order valence-corrected chi connectivity index (χ2v) is 7.69. The van der Waals surface area contributed by atoms with Crippen LogP contribution in [0.2, 0.25) is 4.34 Å². The Labute approximate surface area is 130 Å². The number of fused-ring (bicyclic) bond motifs is 1. The molecule has 0 bridgehead atoms. The van der Waals surface area contributed by atoms with Crippen LogP contribution in [0.5, 0.6) is 0 Å². The van der Waals surface area contributed by atoms with E-state index in [4.69, 9.17) is 22.1 Å². The largest absolute Gasteiger partial charge is 0.375 e. The van der Waals surface area contributed by atoms with Crippen LogP contribution >= 0.6 is 22.9 Å². The molecular weight excluding hydrogens is 292 g/mol. The van der Waals surface area contributed by atoms with Crippen LogP contribution in [0.3, 0.4) is 0 Å². The quantitative estimate of drug-likeness (QED) is 0.929. The fourth-order valence-corrected chi connectivity index (χ4v) is 4.98. The van der Waals surface area contributed by atoms with Crippen molar-refractivity contribution in [2.24, 2.45) is 5.73 Å². The molecule has 1 aromatic rings. The van der Waals surface area contributed by atoms with E-state index in [0.717, 1.165) is 17.5 Å². The van der Waals surface area contributed by atoms with Crippen molar-refractivity contribution in [1.82, 2.24) is 4.90 Å². The molecule has 2 aliphatic rings. The second-order valence-electron chi connectivity index (χ2n) is 5.94. The monoisotopic (exact) mass is 314 g/mol. The molecular formula is C15H23ClN2OS. The van der Waals surface area contributed by atoms with Gasteiger partial charge >= 0.3 is 0 Å². The average Bonchev–Trinajstić information content (AvgIpc) is 2.85. The summed E-state index contributed by atoms with van der Waals surface area (Å²) in [6.45, 7) is 3.90. The Balaban J connectivity index is 1.86. The number of ether oxygens (including phenoxy) is 1. The summed E-state index contributed by atoms with van der Waals surface area (Å²) in [6, 6.07) is 5.01. The molecule has 5 heteroatoms. The molecule has 3 nitrogen and oxygen atoms in total. The summed E-state index contributed by atoms with van der Waals surface area (Å²) >= 11 is 7.78. The Morgan fingerprint density at radius 3 is 2.90 bits per heavy atom. The molecule has 4 atom stereocenters. The van der Waals surface area contributed by atoms with E-state index in [2.05, 4.69) is 17.9 Å². The molecule has 0 aromatic carbocycles. The number of morpholine rings is 1. The molecule has 1 saturated heterocycles. The molecule has 4 unspecified atom stereocenters. The number of nitrogens with zero attached hydrogens (tertiary/aromatic N) is 1. The third-order valence-corrected chi connectivity index (χ3v) is 5.82. The lowest BCUT2D eigenvalue weighted by Gasteiger charge is -2.48. The number of rotatable bonds is 3. The van der Waals surface area contributed by atoms with Gasteiger partial charge in [-0.15, -0.1) is 11.3 Å². The molecule has 3 rings (SSSR count). The first-order valence-corrected chi connectivity index (χ1v) is 8.74. The van der Waals surface area contributed by atoms with Crippen LogP contribution < -0.4 is 5.73 Å². The summed E-state index contributed by atoms with van der Waals surface area (Å²) in [5.41, 5.74) is 6.31. The van der Waals surface area contributed by atoms with Crippen molar-refractivity contribution >= 4 is 22.9 Å². The number of halogens is 1. The van der Waals surface area contributed by atoms with E-state index < -0.39 is 0 Å². The molecule has 1 aliphatic carbocycles. The molecule has 2 fully saturated rings. The summed E-state index contributed by atoms with van der Waals surface area (Å²) < 4.78 is 6.82. The Kier molecular flexibility index (Phi) is 4.68. The van der Waals surface area contributed by atoms with Crippen molar-refractivity contribution in [3.05, 3.63) is 21.3 Å². The average molecular weight is 315 g/mol. The molecule has 0 spiro atoms. The smallest absolute Gasteiger partial charge is 0.0931 e. The highest BCUT2D eigenvalue weighted by atomic mass is 35.5. The van der Waals surface area contributed by atoms with Crippen molar-refractivity contribution in [1.29, 1.82) is 0 Å². The standard InChI is InChI=1S/C15H23ClN2OS/c1-10(17)15(13-6-7-14(16)20-13)18-8-9-19-12-5-3-2-4-11(12)18/h6-7,10-12,15H,2-5,8-9,17H2,1H3. The number of hydrogen-bond acceptors (Lipinski definition) is 4. The van der Waals surface area contributed by atoms with Crippen LogP contribution in [0.15, 0.2) is 12.1 Å². The van der Waals surface area contributed by atoms with Gasteiger partial charge in [-0.05, 0) is 31.9 Å². The zero-order chi connectivity index (χ0) is 14.1. The van der Waals surface area contributed by atoms with Crippen LogP contribution in [0.4, 0.5) is 0 Å². The van der Waals surface area contributed by atoms with Crippen LogP contribution in [-0.2, 0) is 4.74 Å². The van der Waals surface area contributed by atoms with Crippen LogP contribution in [0.25, 0.3) is 0 Å². The third-order valence-electron chi connectivity index (χ3n) is 4.52. The van der Waals surface area contributed by atoms with E-state index in [1.165, 1.54) is 30.6 Å². The van der Waals surface area contributed by atoms with Crippen molar-refractivity contribution in [2.75, 3.05) is 13.2 Å². The molecule has 0 amide bonds. The summed E-state index contributed by atoms with van der Waals surface area (Å²) in [5.74, 6) is 0. The molecule has 112 valence electrons. The molecule has 2 N–H and O–H groups in total. The van der Waals surface area contributed by atoms with Gasteiger partial charge in [0.05, 0.1) is 23.1 Å². The highest BCUT2D eigenvalue weighted by Gasteiger charge is 2.39. The van der Waals surface area contributed by atoms with Crippen molar-refractivity contribution in [3.63, 3.8) is 0 Å². The predicted octanol–water partition coefficient (Wildman–Crippen LogP) is 3.43. The molecule has 1 saturated carbocycles. The maximum atomic E-state index is 6.31. The van der Waals surface area contributed by atoms with Gasteiger partial charge in [-0.25, -0.2) is 0 Å². The topological polar surface area (TPSA) is 38.5 Å². The lowest BCUT2D eigenvalue weighted by atomic mass is 9.88. The minimum Gasteiger partial charge on any atom is -0.375 e. The van der Waals surface area contributed by atoms with E-state index in [0.29, 0.717) is 12.1 Å². The van der Waals surface area contributed by atoms with Gasteiger partial charge in [0.15, 0.2) is 0 Å². The van der Waals surface area contributed by atoms with Crippen molar-refractivity contribution in [2.45, 2.75) is 56.8 Å². The van der Waals surface area contributed by atoms with Gasteiger partial charge in [-0.3, -0.25) is 4.90 Å². The van der Waals surface area contributed by atoms with E-state index in [1.807, 2.05) is 6.07 Å². The Hall–Kier alpha value is -0.130. The number of nitrogens with two attached hydrogens (primary N) is 1. The van der Waals surface area contributed by atoms with Gasteiger partial charge in [-0.1, -0.05) is 24.4 Å². The van der Waals surface area contributed by atoms with Crippen molar-refractivity contribution < 1.29 is 4.74 Å². The maximum Gasteiger partial charge on any atom is 0.0931 e. The Morgan fingerprint density at radius 2 is 2.20 bits per heavy atom. The SMILES string of the molecule is CC(N)C(c1ccc(Cl)s1)N1CCOC2CCCCC21. The van der Waals surface area contributed by atoms with Gasteiger partial charge in [-0.2, -0.15) is 0 Å². The summed E-state index contributed by atoms with van der Waals surface area (Å²) in [6.07, 6.45) is 5.42. The Bertz CT molecular complexity index is 449. The predicted molar refractivity (Wildman–Crippen MR) is 84.4 cm³/mol. The van der Waals surface area contributed by atoms with Crippen LogP contribution in [0, 0.1) is 0 Å². The van der Waals surface area contributed by atoms with Gasteiger partial charge in [0, 0.05) is 23.5 Å². The highest BCUT2D eigenvalue weighted by Crippen LogP contribution is 2.38. The fourth-order valence-electron chi connectivity index (χ4n) is 3.68. The maximum absolute atomic E-state index is 6.31. The third kappa shape index (κ3) is 2.90. The molecule has 1 aliphatic heterocycles. The second kappa shape index (κ2) is 6.32. The molecule has 1 aromatic heterocycles. The molecule has 20 heavy (non-hydrogen) atoms. The molecule has 0 radical (unpaired) electrons. The minimum absolute atomic E-state index is 0.102. The van der Waals surface area contributed by atoms with E-state index in [-0.39, 0.29) is 12.1 Å². The van der Waals surface area contributed by atoms with Gasteiger partial charge in [0.1, 0.15) is 0 Å². The van der Waals surface area contributed by atoms with Gasteiger partial charge < -0.3 is 10.5 Å².